The Labute approximate surface area is 157 Å². The highest BCUT2D eigenvalue weighted by Gasteiger charge is 2.22. The van der Waals surface area contributed by atoms with E-state index in [1.807, 2.05) is 44.5 Å². The highest BCUT2D eigenvalue weighted by molar-refractivity contribution is 5.80. The lowest BCUT2D eigenvalue weighted by Gasteiger charge is -2.30. The van der Waals surface area contributed by atoms with Crippen LogP contribution in [-0.4, -0.2) is 69.6 Å². The molecule has 0 aromatic carbocycles. The van der Waals surface area contributed by atoms with Crippen LogP contribution in [0, 0.1) is 6.92 Å². The van der Waals surface area contributed by atoms with Gasteiger partial charge in [0, 0.05) is 26.2 Å². The number of aryl methyl sites for hydroxylation is 1. The molecule has 2 rings (SSSR count). The van der Waals surface area contributed by atoms with Crippen LogP contribution in [0.1, 0.15) is 50.7 Å². The number of likely N-dealkylation sites (N-methyl/N-ethyl adjacent to an activating group) is 1. The van der Waals surface area contributed by atoms with Crippen molar-refractivity contribution in [2.24, 2.45) is 12.0 Å². The van der Waals surface area contributed by atoms with Crippen LogP contribution in [-0.2, 0) is 13.6 Å². The minimum Gasteiger partial charge on any atom is -0.387 e. The van der Waals surface area contributed by atoms with Gasteiger partial charge in [0.05, 0.1) is 5.60 Å². The smallest absolute Gasteiger partial charge is 0.192 e. The van der Waals surface area contributed by atoms with Gasteiger partial charge in [0.15, 0.2) is 11.8 Å². The minimum absolute atomic E-state index is 0.432. The van der Waals surface area contributed by atoms with E-state index in [4.69, 9.17) is 4.99 Å². The fourth-order valence-electron chi connectivity index (χ4n) is 3.34. The highest BCUT2D eigenvalue weighted by Crippen LogP contribution is 2.17. The van der Waals surface area contributed by atoms with E-state index in [9.17, 15) is 5.11 Å². The molecule has 1 aliphatic carbocycles. The molecule has 8 nitrogen and oxygen atoms in total. The van der Waals surface area contributed by atoms with Gasteiger partial charge in [0.25, 0.3) is 0 Å². The van der Waals surface area contributed by atoms with Gasteiger partial charge in [0.1, 0.15) is 12.4 Å². The van der Waals surface area contributed by atoms with Gasteiger partial charge in [-0.25, -0.2) is 4.99 Å². The van der Waals surface area contributed by atoms with Gasteiger partial charge >= 0.3 is 0 Å². The third-order valence-corrected chi connectivity index (χ3v) is 4.80. The van der Waals surface area contributed by atoms with Crippen LogP contribution in [0.15, 0.2) is 4.99 Å². The van der Waals surface area contributed by atoms with Crippen molar-refractivity contribution in [3.8, 4) is 0 Å². The molecule has 0 radical (unpaired) electrons. The van der Waals surface area contributed by atoms with Gasteiger partial charge < -0.3 is 25.2 Å². The number of aromatic nitrogens is 3. The van der Waals surface area contributed by atoms with Crippen LogP contribution < -0.4 is 10.6 Å². The molecule has 0 saturated heterocycles. The maximum Gasteiger partial charge on any atom is 0.192 e. The zero-order valence-electron chi connectivity index (χ0n) is 16.9. The lowest BCUT2D eigenvalue weighted by molar-refractivity contribution is 0.0376. The zero-order chi connectivity index (χ0) is 19.2. The van der Waals surface area contributed by atoms with Crippen LogP contribution in [0.3, 0.4) is 0 Å². The topological polar surface area (TPSA) is 90.6 Å². The van der Waals surface area contributed by atoms with Crippen LogP contribution in [0.5, 0.6) is 0 Å². The van der Waals surface area contributed by atoms with Crippen LogP contribution >= 0.6 is 0 Å². The number of hydrogen-bond acceptors (Lipinski definition) is 5. The molecule has 1 aromatic rings. The van der Waals surface area contributed by atoms with Crippen LogP contribution in [0.2, 0.25) is 0 Å². The highest BCUT2D eigenvalue weighted by atomic mass is 16.3. The quantitative estimate of drug-likeness (QED) is 0.489. The predicted octanol–water partition coefficient (Wildman–Crippen LogP) is 0.804. The van der Waals surface area contributed by atoms with E-state index < -0.39 is 5.60 Å². The number of hydrogen-bond donors (Lipinski definition) is 3. The number of aliphatic hydroxyl groups is 1. The standard InChI is InChI=1S/C18H35N7O/c1-14-22-23-16(25(14)5)11-19-17(21-15-9-7-6-8-10-15)20-12-18(2,26)13-24(3)4/h15,26H,6-13H2,1-5H3,(H2,19,20,21). The van der Waals surface area contributed by atoms with Crippen molar-refractivity contribution in [2.75, 3.05) is 27.2 Å². The second-order valence-corrected chi connectivity index (χ2v) is 7.95. The number of rotatable bonds is 7. The molecule has 1 saturated carbocycles. The summed E-state index contributed by atoms with van der Waals surface area (Å²) in [6.45, 7) is 5.23. The molecule has 148 valence electrons. The van der Waals surface area contributed by atoms with Gasteiger partial charge in [-0.15, -0.1) is 10.2 Å². The summed E-state index contributed by atoms with van der Waals surface area (Å²) in [5.74, 6) is 2.43. The molecule has 1 aliphatic rings. The summed E-state index contributed by atoms with van der Waals surface area (Å²) in [5, 5.41) is 25.7. The minimum atomic E-state index is -0.833. The largest absolute Gasteiger partial charge is 0.387 e. The van der Waals surface area contributed by atoms with Crippen molar-refractivity contribution < 1.29 is 5.11 Å². The van der Waals surface area contributed by atoms with E-state index in [2.05, 4.69) is 20.8 Å². The number of nitrogens with one attached hydrogen (secondary N) is 2. The molecule has 1 heterocycles. The molecule has 1 fully saturated rings. The summed E-state index contributed by atoms with van der Waals surface area (Å²) in [7, 11) is 5.87. The van der Waals surface area contributed by atoms with Gasteiger partial charge in [-0.1, -0.05) is 19.3 Å². The summed E-state index contributed by atoms with van der Waals surface area (Å²) >= 11 is 0. The van der Waals surface area contributed by atoms with Crippen molar-refractivity contribution in [3.63, 3.8) is 0 Å². The Kier molecular flexibility index (Phi) is 7.40. The Morgan fingerprint density at radius 3 is 2.58 bits per heavy atom. The Balaban J connectivity index is 2.02. The maximum absolute atomic E-state index is 10.6. The first-order chi connectivity index (χ1) is 12.3. The van der Waals surface area contributed by atoms with E-state index in [1.165, 1.54) is 19.3 Å². The molecule has 26 heavy (non-hydrogen) atoms. The first-order valence-corrected chi connectivity index (χ1v) is 9.54. The Morgan fingerprint density at radius 1 is 1.31 bits per heavy atom. The lowest BCUT2D eigenvalue weighted by atomic mass is 9.96. The third-order valence-electron chi connectivity index (χ3n) is 4.80. The van der Waals surface area contributed by atoms with E-state index in [0.717, 1.165) is 30.5 Å². The fourth-order valence-corrected chi connectivity index (χ4v) is 3.34. The molecule has 8 heteroatoms. The number of nitrogens with zero attached hydrogens (tertiary/aromatic N) is 5. The second-order valence-electron chi connectivity index (χ2n) is 7.95. The molecular weight excluding hydrogens is 330 g/mol. The van der Waals surface area contributed by atoms with Gasteiger partial charge in [0.2, 0.25) is 0 Å². The van der Waals surface area contributed by atoms with E-state index in [0.29, 0.717) is 25.7 Å². The lowest BCUT2D eigenvalue weighted by Crippen LogP contribution is -2.52. The second kappa shape index (κ2) is 9.32. The molecule has 0 spiro atoms. The van der Waals surface area contributed by atoms with E-state index in [1.54, 1.807) is 0 Å². The molecular formula is C18H35N7O. The fraction of sp³-hybridized carbons (Fsp3) is 0.833. The summed E-state index contributed by atoms with van der Waals surface area (Å²) in [6, 6.07) is 0.440. The van der Waals surface area contributed by atoms with Crippen LogP contribution in [0.4, 0.5) is 0 Å². The third kappa shape index (κ3) is 6.57. The average Bonchev–Trinajstić information content (AvgIpc) is 2.89. The monoisotopic (exact) mass is 365 g/mol. The first kappa shape index (κ1) is 20.6. The number of aliphatic imine (C=N–C) groups is 1. The summed E-state index contributed by atoms with van der Waals surface area (Å²) < 4.78 is 1.95. The van der Waals surface area contributed by atoms with Gasteiger partial charge in [-0.2, -0.15) is 0 Å². The molecule has 1 aromatic heterocycles. The Hall–Kier alpha value is -1.67. The van der Waals surface area contributed by atoms with Gasteiger partial charge in [-0.3, -0.25) is 0 Å². The van der Waals surface area contributed by atoms with E-state index >= 15 is 0 Å². The molecule has 0 amide bonds. The summed E-state index contributed by atoms with van der Waals surface area (Å²) in [5.41, 5.74) is -0.833. The Bertz CT molecular complexity index is 588. The first-order valence-electron chi connectivity index (χ1n) is 9.54. The SMILES string of the molecule is Cc1nnc(CN=C(NCC(C)(O)CN(C)C)NC2CCCCC2)n1C. The molecule has 3 N–H and O–H groups in total. The Morgan fingerprint density at radius 2 is 2.00 bits per heavy atom. The normalized spacial score (nSPS) is 18.8. The molecule has 1 atom stereocenters. The van der Waals surface area contributed by atoms with Crippen molar-refractivity contribution >= 4 is 5.96 Å². The van der Waals surface area contributed by atoms with E-state index in [-0.39, 0.29) is 0 Å². The summed E-state index contributed by atoms with van der Waals surface area (Å²) in [4.78, 5) is 6.67. The van der Waals surface area contributed by atoms with Crippen molar-refractivity contribution in [3.05, 3.63) is 11.6 Å². The average molecular weight is 366 g/mol. The van der Waals surface area contributed by atoms with Crippen molar-refractivity contribution in [2.45, 2.75) is 64.1 Å². The van der Waals surface area contributed by atoms with Gasteiger partial charge in [-0.05, 0) is 40.8 Å². The molecule has 0 aliphatic heterocycles. The maximum atomic E-state index is 10.6. The summed E-state index contributed by atoms with van der Waals surface area (Å²) in [6.07, 6.45) is 6.15. The van der Waals surface area contributed by atoms with Crippen molar-refractivity contribution in [1.29, 1.82) is 0 Å². The molecule has 0 bridgehead atoms. The van der Waals surface area contributed by atoms with Crippen molar-refractivity contribution in [1.82, 2.24) is 30.3 Å². The molecule has 1 unspecified atom stereocenters. The zero-order valence-corrected chi connectivity index (χ0v) is 16.9. The van der Waals surface area contributed by atoms with Crippen LogP contribution in [0.25, 0.3) is 0 Å². The number of guanidine groups is 1. The predicted molar refractivity (Wildman–Crippen MR) is 104 cm³/mol.